The van der Waals surface area contributed by atoms with Crippen LogP contribution < -0.4 is 69.3 Å². The Morgan fingerprint density at radius 3 is 2.12 bits per heavy atom. The third-order valence-corrected chi connectivity index (χ3v) is 1.81. The molecule has 0 amide bonds. The molecule has 76 valence electrons. The molecule has 0 radical (unpaired) electrons. The molecule has 0 aromatic rings. The topological polar surface area (TPSA) is 121 Å². The molecule has 2 unspecified atom stereocenters. The summed E-state index contributed by atoms with van der Waals surface area (Å²) in [7, 11) is 0. The van der Waals surface area contributed by atoms with Crippen molar-refractivity contribution >= 4 is 11.9 Å². The fraction of sp³-hybridized carbons (Fsp3) is 0.250. The van der Waals surface area contributed by atoms with Crippen molar-refractivity contribution in [3.8, 4) is 0 Å². The molecule has 0 aromatic heterocycles. The van der Waals surface area contributed by atoms with E-state index < -0.39 is 29.2 Å². The first-order chi connectivity index (χ1) is 6.37. The molecule has 2 N–H and O–H groups in total. The van der Waals surface area contributed by atoms with Gasteiger partial charge in [0.15, 0.2) is 0 Å². The first-order valence-electron chi connectivity index (χ1n) is 3.62. The second kappa shape index (κ2) is 6.80. The van der Waals surface area contributed by atoms with Gasteiger partial charge in [-0.1, -0.05) is 6.08 Å². The molecule has 0 aromatic carbocycles. The van der Waals surface area contributed by atoms with E-state index in [0.29, 0.717) is 12.2 Å². The summed E-state index contributed by atoms with van der Waals surface area (Å²) in [5.74, 6) is -5.67. The smallest absolute Gasteiger partial charge is 0.549 e. The molecule has 1 aliphatic rings. The summed E-state index contributed by atoms with van der Waals surface area (Å²) in [5.41, 5.74) is -2.46. The molecular weight excluding hydrogens is 238 g/mol. The number of aliphatic hydroxyl groups excluding tert-OH is 1. The van der Waals surface area contributed by atoms with Crippen molar-refractivity contribution in [1.29, 1.82) is 0 Å². The van der Waals surface area contributed by atoms with E-state index in [9.17, 15) is 24.9 Å². The van der Waals surface area contributed by atoms with Gasteiger partial charge in [-0.25, -0.2) is 0 Å². The van der Waals surface area contributed by atoms with Crippen molar-refractivity contribution in [3.05, 3.63) is 24.0 Å². The first-order valence-corrected chi connectivity index (χ1v) is 3.62. The summed E-state index contributed by atoms with van der Waals surface area (Å²) in [5, 5.41) is 39.0. The number of aliphatic hydroxyl groups is 2. The van der Waals surface area contributed by atoms with Gasteiger partial charge in [0.25, 0.3) is 0 Å². The average Bonchev–Trinajstić information content (AvgIpc) is 2.02. The molecule has 0 saturated heterocycles. The number of rotatable bonds is 2. The number of carboxylic acids is 2. The van der Waals surface area contributed by atoms with Gasteiger partial charge >= 0.3 is 59.1 Å². The molecule has 0 bridgehead atoms. The summed E-state index contributed by atoms with van der Waals surface area (Å²) < 4.78 is 0. The standard InChI is InChI=1S/C8H8O6.2Na/c9-5-3-8(14,7(12)13)2-1-4(5)6(10)11;;/h1-4,9,14H,(H,10,11)(H,12,13);;/q;2*+1/p-2. The number of carbonyl (C=O) groups is 2. The van der Waals surface area contributed by atoms with Gasteiger partial charge in [0.2, 0.25) is 0 Å². The zero-order valence-electron chi connectivity index (χ0n) is 8.84. The summed E-state index contributed by atoms with van der Waals surface area (Å²) in [6.07, 6.45) is 2.02. The molecular formula is C8H6Na2O6. The predicted octanol–water partition coefficient (Wildman–Crippen LogP) is -9.15. The van der Waals surface area contributed by atoms with Crippen LogP contribution in [0.2, 0.25) is 0 Å². The van der Waals surface area contributed by atoms with Crippen molar-refractivity contribution in [2.24, 2.45) is 5.92 Å². The summed E-state index contributed by atoms with van der Waals surface area (Å²) in [6.45, 7) is 0. The van der Waals surface area contributed by atoms with Gasteiger partial charge in [-0.15, -0.1) is 0 Å². The number of hydrogen-bond acceptors (Lipinski definition) is 6. The Labute approximate surface area is 135 Å². The Balaban J connectivity index is 0. The van der Waals surface area contributed by atoms with Gasteiger partial charge in [-0.05, 0) is 12.2 Å². The molecule has 0 fully saturated rings. The second-order valence-corrected chi connectivity index (χ2v) is 2.84. The van der Waals surface area contributed by atoms with Gasteiger partial charge in [0.1, 0.15) is 11.4 Å². The van der Waals surface area contributed by atoms with E-state index in [4.69, 9.17) is 5.11 Å². The fourth-order valence-corrected chi connectivity index (χ4v) is 1.03. The summed E-state index contributed by atoms with van der Waals surface area (Å²) in [4.78, 5) is 20.7. The predicted molar refractivity (Wildman–Crippen MR) is 38.3 cm³/mol. The quantitative estimate of drug-likeness (QED) is 0.367. The van der Waals surface area contributed by atoms with Gasteiger partial charge in [0.05, 0.1) is 17.9 Å². The van der Waals surface area contributed by atoms with E-state index in [2.05, 4.69) is 0 Å². The van der Waals surface area contributed by atoms with E-state index in [1.165, 1.54) is 0 Å². The van der Waals surface area contributed by atoms with Gasteiger partial charge in [0, 0.05) is 0 Å². The normalized spacial score (nSPS) is 27.1. The van der Waals surface area contributed by atoms with Crippen LogP contribution in [-0.4, -0.2) is 27.8 Å². The van der Waals surface area contributed by atoms with E-state index in [1.54, 1.807) is 0 Å². The number of carboxylic acid groups (broad SMARTS) is 2. The van der Waals surface area contributed by atoms with E-state index in [1.807, 2.05) is 0 Å². The van der Waals surface area contributed by atoms with Crippen LogP contribution >= 0.6 is 0 Å². The van der Waals surface area contributed by atoms with E-state index >= 15 is 0 Å². The molecule has 1 aliphatic carbocycles. The molecule has 0 heterocycles. The Bertz CT molecular complexity index is 350. The molecule has 2 atom stereocenters. The summed E-state index contributed by atoms with van der Waals surface area (Å²) >= 11 is 0. The molecule has 0 aliphatic heterocycles. The molecule has 0 spiro atoms. The zero-order chi connectivity index (χ0) is 10.9. The van der Waals surface area contributed by atoms with E-state index in [0.717, 1.165) is 6.08 Å². The Morgan fingerprint density at radius 1 is 1.31 bits per heavy atom. The third-order valence-electron chi connectivity index (χ3n) is 1.81. The molecule has 1 rings (SSSR count). The van der Waals surface area contributed by atoms with E-state index in [-0.39, 0.29) is 59.1 Å². The Morgan fingerprint density at radius 2 is 1.81 bits per heavy atom. The minimum atomic E-state index is -2.46. The van der Waals surface area contributed by atoms with Gasteiger partial charge in [-0.3, -0.25) is 0 Å². The Kier molecular flexibility index (Phi) is 7.89. The number of carbonyl (C=O) groups excluding carboxylic acids is 2. The molecule has 8 heteroatoms. The molecule has 6 nitrogen and oxygen atoms in total. The Hall–Kier alpha value is 0.180. The van der Waals surface area contributed by atoms with Crippen LogP contribution in [0.25, 0.3) is 0 Å². The monoisotopic (exact) mass is 244 g/mol. The van der Waals surface area contributed by atoms with Crippen LogP contribution in [0, 0.1) is 5.92 Å². The van der Waals surface area contributed by atoms with Crippen molar-refractivity contribution in [1.82, 2.24) is 0 Å². The minimum absolute atomic E-state index is 0. The van der Waals surface area contributed by atoms with Crippen LogP contribution in [0.5, 0.6) is 0 Å². The number of hydrogen-bond donors (Lipinski definition) is 2. The van der Waals surface area contributed by atoms with Crippen molar-refractivity contribution in [3.63, 3.8) is 0 Å². The van der Waals surface area contributed by atoms with Crippen LogP contribution in [0.4, 0.5) is 0 Å². The fourth-order valence-electron chi connectivity index (χ4n) is 1.03. The maximum Gasteiger partial charge on any atom is 1.00 e. The molecule has 0 saturated carbocycles. The van der Waals surface area contributed by atoms with Crippen LogP contribution in [0.3, 0.4) is 0 Å². The van der Waals surface area contributed by atoms with Gasteiger partial charge in [-0.2, -0.15) is 0 Å². The summed E-state index contributed by atoms with van der Waals surface area (Å²) in [6, 6.07) is 0. The zero-order valence-corrected chi connectivity index (χ0v) is 12.8. The van der Waals surface area contributed by atoms with Crippen molar-refractivity contribution < 1.29 is 89.1 Å². The van der Waals surface area contributed by atoms with Crippen LogP contribution in [-0.2, 0) is 9.59 Å². The van der Waals surface area contributed by atoms with Crippen LogP contribution in [0.15, 0.2) is 24.0 Å². The number of aliphatic carboxylic acids is 2. The van der Waals surface area contributed by atoms with Gasteiger partial charge < -0.3 is 30.0 Å². The van der Waals surface area contributed by atoms with Crippen molar-refractivity contribution in [2.75, 3.05) is 0 Å². The average molecular weight is 244 g/mol. The minimum Gasteiger partial charge on any atom is -0.549 e. The maximum absolute atomic E-state index is 10.4. The largest absolute Gasteiger partial charge is 1.00 e. The first kappa shape index (κ1) is 18.5. The second-order valence-electron chi connectivity index (χ2n) is 2.84. The molecule has 16 heavy (non-hydrogen) atoms. The third kappa shape index (κ3) is 3.89. The maximum atomic E-state index is 10.4. The van der Waals surface area contributed by atoms with Crippen LogP contribution in [0.1, 0.15) is 0 Å². The van der Waals surface area contributed by atoms with Crippen molar-refractivity contribution in [2.45, 2.75) is 5.60 Å². The SMILES string of the molecule is O=C([O-])C1C=CC(O)(C(=O)[O-])C=C1O.[Na+].[Na+].